The summed E-state index contributed by atoms with van der Waals surface area (Å²) in [5, 5.41) is 13.2. The average Bonchev–Trinajstić information content (AvgIpc) is 2.84. The monoisotopic (exact) mass is 203 g/mol. The van der Waals surface area contributed by atoms with Crippen molar-refractivity contribution in [3.8, 4) is 0 Å². The van der Waals surface area contributed by atoms with Gasteiger partial charge < -0.3 is 10.4 Å². The van der Waals surface area contributed by atoms with Crippen LogP contribution in [0.1, 0.15) is 35.6 Å². The lowest BCUT2D eigenvalue weighted by Crippen LogP contribution is -2.20. The summed E-state index contributed by atoms with van der Waals surface area (Å²) in [5.41, 5.74) is 4.26. The second-order valence-corrected chi connectivity index (χ2v) is 4.67. The normalized spacial score (nSPS) is 29.4. The zero-order chi connectivity index (χ0) is 10.3. The third kappa shape index (κ3) is 1.58. The second kappa shape index (κ2) is 3.62. The highest BCUT2D eigenvalue weighted by Gasteiger charge is 2.26. The van der Waals surface area contributed by atoms with E-state index in [1.54, 1.807) is 0 Å². The number of aliphatic hydroxyl groups excluding tert-OH is 1. The van der Waals surface area contributed by atoms with Crippen LogP contribution < -0.4 is 5.32 Å². The lowest BCUT2D eigenvalue weighted by Gasteiger charge is -2.16. The van der Waals surface area contributed by atoms with E-state index in [4.69, 9.17) is 0 Å². The van der Waals surface area contributed by atoms with Gasteiger partial charge in [0.05, 0.1) is 12.1 Å². The van der Waals surface area contributed by atoms with Gasteiger partial charge in [0, 0.05) is 0 Å². The van der Waals surface area contributed by atoms with Crippen molar-refractivity contribution in [2.24, 2.45) is 0 Å². The molecule has 0 amide bonds. The van der Waals surface area contributed by atoms with Gasteiger partial charge in [-0.25, -0.2) is 0 Å². The van der Waals surface area contributed by atoms with E-state index in [1.807, 2.05) is 0 Å². The van der Waals surface area contributed by atoms with Gasteiger partial charge in [0.15, 0.2) is 0 Å². The molecule has 2 unspecified atom stereocenters. The van der Waals surface area contributed by atoms with E-state index in [0.29, 0.717) is 0 Å². The molecule has 0 radical (unpaired) electrons. The Kier molecular flexibility index (Phi) is 2.26. The zero-order valence-corrected chi connectivity index (χ0v) is 8.87. The molecule has 15 heavy (non-hydrogen) atoms. The fraction of sp³-hybridized carbons (Fsp3) is 0.538. The van der Waals surface area contributed by atoms with Gasteiger partial charge >= 0.3 is 0 Å². The highest BCUT2D eigenvalue weighted by atomic mass is 16.3. The molecule has 1 saturated heterocycles. The molecule has 2 atom stereocenters. The van der Waals surface area contributed by atoms with Gasteiger partial charge in [-0.15, -0.1) is 0 Å². The number of hydrogen-bond donors (Lipinski definition) is 2. The topological polar surface area (TPSA) is 32.3 Å². The van der Waals surface area contributed by atoms with Gasteiger partial charge in [0.2, 0.25) is 0 Å². The van der Waals surface area contributed by atoms with Crippen molar-refractivity contribution in [2.75, 3.05) is 6.54 Å². The third-order valence-corrected chi connectivity index (χ3v) is 3.67. The molecule has 2 heteroatoms. The maximum atomic E-state index is 9.83. The van der Waals surface area contributed by atoms with Crippen molar-refractivity contribution in [3.63, 3.8) is 0 Å². The first-order valence-corrected chi connectivity index (χ1v) is 5.88. The first kappa shape index (κ1) is 9.37. The lowest BCUT2D eigenvalue weighted by atomic mass is 9.99. The second-order valence-electron chi connectivity index (χ2n) is 4.67. The molecule has 2 aliphatic rings. The Morgan fingerprint density at radius 1 is 1.20 bits per heavy atom. The minimum absolute atomic E-state index is 0.163. The summed E-state index contributed by atoms with van der Waals surface area (Å²) < 4.78 is 0. The van der Waals surface area contributed by atoms with E-state index in [1.165, 1.54) is 36.0 Å². The van der Waals surface area contributed by atoms with Crippen LogP contribution in [0.2, 0.25) is 0 Å². The van der Waals surface area contributed by atoms with Crippen LogP contribution in [-0.2, 0) is 12.8 Å². The molecule has 1 aliphatic carbocycles. The fourth-order valence-corrected chi connectivity index (χ4v) is 2.81. The van der Waals surface area contributed by atoms with Crippen LogP contribution in [0.25, 0.3) is 0 Å². The summed E-state index contributed by atoms with van der Waals surface area (Å²) in [6, 6.07) is 6.87. The SMILES string of the molecule is OC1CCNC1c1ccc2c(c1)CCC2. The van der Waals surface area contributed by atoms with Gasteiger partial charge in [-0.05, 0) is 48.9 Å². The van der Waals surface area contributed by atoms with Crippen LogP contribution in [0.5, 0.6) is 0 Å². The molecule has 80 valence electrons. The number of aliphatic hydroxyl groups is 1. The maximum absolute atomic E-state index is 9.83. The molecule has 2 N–H and O–H groups in total. The largest absolute Gasteiger partial charge is 0.391 e. The van der Waals surface area contributed by atoms with Crippen molar-refractivity contribution >= 4 is 0 Å². The van der Waals surface area contributed by atoms with Crippen molar-refractivity contribution in [1.29, 1.82) is 0 Å². The van der Waals surface area contributed by atoms with Crippen LogP contribution in [0.15, 0.2) is 18.2 Å². The predicted octanol–water partition coefficient (Wildman–Crippen LogP) is 1.57. The molecule has 1 fully saturated rings. The van der Waals surface area contributed by atoms with E-state index in [-0.39, 0.29) is 12.1 Å². The van der Waals surface area contributed by atoms with E-state index >= 15 is 0 Å². The Hall–Kier alpha value is -0.860. The quantitative estimate of drug-likeness (QED) is 0.726. The number of benzene rings is 1. The molecule has 3 rings (SSSR count). The molecule has 0 spiro atoms. The molecular formula is C13H17NO. The number of rotatable bonds is 1. The molecule has 1 aliphatic heterocycles. The number of fused-ring (bicyclic) bond motifs is 1. The van der Waals surface area contributed by atoms with Crippen LogP contribution in [0.3, 0.4) is 0 Å². The van der Waals surface area contributed by atoms with Crippen molar-refractivity contribution in [3.05, 3.63) is 34.9 Å². The summed E-state index contributed by atoms with van der Waals surface area (Å²) in [6.45, 7) is 0.933. The molecule has 2 nitrogen and oxygen atoms in total. The smallest absolute Gasteiger partial charge is 0.0747 e. The van der Waals surface area contributed by atoms with Crippen LogP contribution in [0.4, 0.5) is 0 Å². The van der Waals surface area contributed by atoms with E-state index in [2.05, 4.69) is 23.5 Å². The summed E-state index contributed by atoms with van der Waals surface area (Å²) in [4.78, 5) is 0. The average molecular weight is 203 g/mol. The molecule has 0 saturated carbocycles. The molecular weight excluding hydrogens is 186 g/mol. The van der Waals surface area contributed by atoms with Crippen LogP contribution in [0, 0.1) is 0 Å². The van der Waals surface area contributed by atoms with Crippen LogP contribution >= 0.6 is 0 Å². The first-order chi connectivity index (χ1) is 7.34. The van der Waals surface area contributed by atoms with Crippen molar-refractivity contribution in [1.82, 2.24) is 5.32 Å². The Bertz CT molecular complexity index is 375. The Morgan fingerprint density at radius 3 is 2.87 bits per heavy atom. The van der Waals surface area contributed by atoms with Crippen molar-refractivity contribution in [2.45, 2.75) is 37.8 Å². The summed E-state index contributed by atoms with van der Waals surface area (Å²) in [7, 11) is 0. The maximum Gasteiger partial charge on any atom is 0.0747 e. The molecule has 1 aromatic rings. The summed E-state index contributed by atoms with van der Waals surface area (Å²) in [5.74, 6) is 0. The number of hydrogen-bond acceptors (Lipinski definition) is 2. The Balaban J connectivity index is 1.92. The fourth-order valence-electron chi connectivity index (χ4n) is 2.81. The molecule has 1 aromatic carbocycles. The Labute approximate surface area is 90.3 Å². The number of nitrogens with one attached hydrogen (secondary N) is 1. The van der Waals surface area contributed by atoms with E-state index in [9.17, 15) is 5.11 Å². The van der Waals surface area contributed by atoms with Gasteiger partial charge in [-0.3, -0.25) is 0 Å². The minimum Gasteiger partial charge on any atom is -0.391 e. The standard InChI is InChI=1S/C13H17NO/c15-12-6-7-14-13(12)11-5-4-9-2-1-3-10(9)8-11/h4-5,8,12-15H,1-3,6-7H2. The van der Waals surface area contributed by atoms with Crippen molar-refractivity contribution < 1.29 is 5.11 Å². The van der Waals surface area contributed by atoms with E-state index < -0.39 is 0 Å². The summed E-state index contributed by atoms with van der Waals surface area (Å²) >= 11 is 0. The highest BCUT2D eigenvalue weighted by Crippen LogP contribution is 2.29. The molecule has 0 aromatic heterocycles. The predicted molar refractivity (Wildman–Crippen MR) is 59.8 cm³/mol. The van der Waals surface area contributed by atoms with Gasteiger partial charge in [-0.1, -0.05) is 18.2 Å². The first-order valence-electron chi connectivity index (χ1n) is 5.88. The minimum atomic E-state index is -0.204. The van der Waals surface area contributed by atoms with E-state index in [0.717, 1.165) is 13.0 Å². The summed E-state index contributed by atoms with van der Waals surface area (Å²) in [6.07, 6.45) is 4.41. The van der Waals surface area contributed by atoms with Crippen LogP contribution in [-0.4, -0.2) is 17.8 Å². The molecule has 1 heterocycles. The van der Waals surface area contributed by atoms with Gasteiger partial charge in [0.25, 0.3) is 0 Å². The number of aryl methyl sites for hydroxylation is 2. The molecule has 0 bridgehead atoms. The van der Waals surface area contributed by atoms with Gasteiger partial charge in [-0.2, -0.15) is 0 Å². The lowest BCUT2D eigenvalue weighted by molar-refractivity contribution is 0.160. The third-order valence-electron chi connectivity index (χ3n) is 3.67. The Morgan fingerprint density at radius 2 is 2.07 bits per heavy atom. The highest BCUT2D eigenvalue weighted by molar-refractivity contribution is 5.37. The van der Waals surface area contributed by atoms with Gasteiger partial charge in [0.1, 0.15) is 0 Å². The zero-order valence-electron chi connectivity index (χ0n) is 8.87.